The molecule has 7 heteroatoms. The fourth-order valence-electron chi connectivity index (χ4n) is 1.71. The first-order chi connectivity index (χ1) is 10.2. The predicted molar refractivity (Wildman–Crippen MR) is 104 cm³/mol. The van der Waals surface area contributed by atoms with Crippen molar-refractivity contribution in [2.45, 2.75) is 13.5 Å². The summed E-state index contributed by atoms with van der Waals surface area (Å²) in [5.41, 5.74) is 0.998. The fourth-order valence-corrected chi connectivity index (χ4v) is 2.36. The number of nitrogens with one attached hydrogen (secondary N) is 2. The van der Waals surface area contributed by atoms with Crippen LogP contribution in [0.3, 0.4) is 0 Å². The standard InChI is InChI=1S/C15H20BrN3O2.HI/c1-5-7-18-15(17-6-2)19-10-11-8-12(16)14(21-4)13(9-11)20-3;/h1,8-9H,6-7,10H2,2-4H3,(H2,17,18,19);1H. The second kappa shape index (κ2) is 11.4. The van der Waals surface area contributed by atoms with Crippen molar-refractivity contribution in [1.29, 1.82) is 0 Å². The molecule has 1 aromatic carbocycles. The minimum atomic E-state index is 0. The second-order valence-electron chi connectivity index (χ2n) is 4.07. The van der Waals surface area contributed by atoms with Gasteiger partial charge in [0.1, 0.15) is 0 Å². The summed E-state index contributed by atoms with van der Waals surface area (Å²) in [5, 5.41) is 6.17. The van der Waals surface area contributed by atoms with E-state index in [0.717, 1.165) is 16.6 Å². The summed E-state index contributed by atoms with van der Waals surface area (Å²) >= 11 is 3.47. The maximum absolute atomic E-state index is 5.32. The molecule has 0 atom stereocenters. The predicted octanol–water partition coefficient (Wildman–Crippen LogP) is 2.77. The molecule has 1 rings (SSSR count). The zero-order valence-corrected chi connectivity index (χ0v) is 16.8. The summed E-state index contributed by atoms with van der Waals surface area (Å²) in [6.07, 6.45) is 5.24. The summed E-state index contributed by atoms with van der Waals surface area (Å²) < 4.78 is 11.4. The van der Waals surface area contributed by atoms with Gasteiger partial charge < -0.3 is 20.1 Å². The van der Waals surface area contributed by atoms with Crippen LogP contribution in [0.5, 0.6) is 11.5 Å². The Morgan fingerprint density at radius 3 is 2.59 bits per heavy atom. The largest absolute Gasteiger partial charge is 0.493 e. The summed E-state index contributed by atoms with van der Waals surface area (Å²) in [5.74, 6) is 4.54. The van der Waals surface area contributed by atoms with Crippen LogP contribution in [0.1, 0.15) is 12.5 Å². The van der Waals surface area contributed by atoms with E-state index in [1.54, 1.807) is 14.2 Å². The zero-order chi connectivity index (χ0) is 15.7. The Balaban J connectivity index is 0.00000441. The molecule has 0 amide bonds. The first kappa shape index (κ1) is 20.9. The van der Waals surface area contributed by atoms with Gasteiger partial charge in [-0.1, -0.05) is 5.92 Å². The number of aliphatic imine (C=N–C) groups is 1. The van der Waals surface area contributed by atoms with Gasteiger partial charge in [0.25, 0.3) is 0 Å². The molecular formula is C15H21BrIN3O2. The molecule has 0 bridgehead atoms. The van der Waals surface area contributed by atoms with Crippen molar-refractivity contribution in [2.75, 3.05) is 27.3 Å². The van der Waals surface area contributed by atoms with E-state index in [0.29, 0.717) is 30.5 Å². The third-order valence-corrected chi connectivity index (χ3v) is 3.20. The Hall–Kier alpha value is -1.14. The molecule has 0 saturated heterocycles. The molecule has 0 aliphatic carbocycles. The monoisotopic (exact) mass is 481 g/mol. The number of nitrogens with zero attached hydrogens (tertiary/aromatic N) is 1. The molecule has 122 valence electrons. The lowest BCUT2D eigenvalue weighted by Crippen LogP contribution is -2.37. The van der Waals surface area contributed by atoms with E-state index in [9.17, 15) is 0 Å². The van der Waals surface area contributed by atoms with Crippen LogP contribution >= 0.6 is 39.9 Å². The van der Waals surface area contributed by atoms with Crippen molar-refractivity contribution in [2.24, 2.45) is 4.99 Å². The number of guanidine groups is 1. The molecule has 0 aliphatic rings. The average Bonchev–Trinajstić information content (AvgIpc) is 2.49. The van der Waals surface area contributed by atoms with Crippen LogP contribution in [0.25, 0.3) is 0 Å². The SMILES string of the molecule is C#CCNC(=NCc1cc(Br)c(OC)c(OC)c1)NCC.I. The number of methoxy groups -OCH3 is 2. The lowest BCUT2D eigenvalue weighted by atomic mass is 10.2. The van der Waals surface area contributed by atoms with Gasteiger partial charge in [-0.15, -0.1) is 30.4 Å². The molecule has 0 saturated carbocycles. The smallest absolute Gasteiger partial charge is 0.192 e. The Morgan fingerprint density at radius 1 is 1.32 bits per heavy atom. The van der Waals surface area contributed by atoms with Crippen LogP contribution in [0, 0.1) is 12.3 Å². The maximum Gasteiger partial charge on any atom is 0.192 e. The van der Waals surface area contributed by atoms with Crippen LogP contribution in [-0.4, -0.2) is 33.3 Å². The lowest BCUT2D eigenvalue weighted by molar-refractivity contribution is 0.352. The highest BCUT2D eigenvalue weighted by molar-refractivity contribution is 14.0. The van der Waals surface area contributed by atoms with Crippen molar-refractivity contribution in [1.82, 2.24) is 10.6 Å². The van der Waals surface area contributed by atoms with Crippen molar-refractivity contribution in [3.63, 3.8) is 0 Å². The van der Waals surface area contributed by atoms with Gasteiger partial charge in [-0.3, -0.25) is 0 Å². The summed E-state index contributed by atoms with van der Waals surface area (Å²) in [4.78, 5) is 4.47. The van der Waals surface area contributed by atoms with Gasteiger partial charge in [-0.25, -0.2) is 4.99 Å². The Labute approximate surface area is 157 Å². The van der Waals surface area contributed by atoms with E-state index in [1.165, 1.54) is 0 Å². The van der Waals surface area contributed by atoms with Gasteiger partial charge in [-0.05, 0) is 40.5 Å². The number of rotatable bonds is 6. The number of hydrogen-bond donors (Lipinski definition) is 2. The molecule has 2 N–H and O–H groups in total. The Bertz CT molecular complexity index is 544. The van der Waals surface area contributed by atoms with Crippen molar-refractivity contribution >= 4 is 45.9 Å². The molecular weight excluding hydrogens is 461 g/mol. The first-order valence-electron chi connectivity index (χ1n) is 6.52. The summed E-state index contributed by atoms with van der Waals surface area (Å²) in [6, 6.07) is 3.85. The lowest BCUT2D eigenvalue weighted by Gasteiger charge is -2.12. The van der Waals surface area contributed by atoms with Crippen LogP contribution < -0.4 is 20.1 Å². The van der Waals surface area contributed by atoms with Crippen LogP contribution in [0.15, 0.2) is 21.6 Å². The number of terminal acetylenes is 1. The van der Waals surface area contributed by atoms with Crippen LogP contribution in [-0.2, 0) is 6.54 Å². The van der Waals surface area contributed by atoms with E-state index in [-0.39, 0.29) is 24.0 Å². The molecule has 22 heavy (non-hydrogen) atoms. The third kappa shape index (κ3) is 6.32. The van der Waals surface area contributed by atoms with Crippen LogP contribution in [0.4, 0.5) is 0 Å². The third-order valence-electron chi connectivity index (χ3n) is 2.62. The van der Waals surface area contributed by atoms with Crippen LogP contribution in [0.2, 0.25) is 0 Å². The molecule has 0 spiro atoms. The highest BCUT2D eigenvalue weighted by Crippen LogP contribution is 2.36. The first-order valence-corrected chi connectivity index (χ1v) is 7.31. The molecule has 0 fully saturated rings. The van der Waals surface area contributed by atoms with Gasteiger partial charge in [0, 0.05) is 6.54 Å². The number of ether oxygens (including phenoxy) is 2. The highest BCUT2D eigenvalue weighted by atomic mass is 127. The van der Waals surface area contributed by atoms with Crippen molar-refractivity contribution in [3.8, 4) is 23.8 Å². The molecule has 0 radical (unpaired) electrons. The van der Waals surface area contributed by atoms with Gasteiger partial charge in [0.15, 0.2) is 17.5 Å². The molecule has 0 unspecified atom stereocenters. The van der Waals surface area contributed by atoms with E-state index in [1.807, 2.05) is 19.1 Å². The zero-order valence-electron chi connectivity index (χ0n) is 12.9. The number of hydrogen-bond acceptors (Lipinski definition) is 3. The van der Waals surface area contributed by atoms with Gasteiger partial charge in [-0.2, -0.15) is 0 Å². The second-order valence-corrected chi connectivity index (χ2v) is 4.92. The minimum absolute atomic E-state index is 0. The molecule has 0 heterocycles. The minimum Gasteiger partial charge on any atom is -0.493 e. The van der Waals surface area contributed by atoms with Gasteiger partial charge >= 0.3 is 0 Å². The molecule has 0 aliphatic heterocycles. The quantitative estimate of drug-likeness (QED) is 0.284. The highest BCUT2D eigenvalue weighted by Gasteiger charge is 2.10. The van der Waals surface area contributed by atoms with E-state index >= 15 is 0 Å². The van der Waals surface area contributed by atoms with E-state index in [4.69, 9.17) is 15.9 Å². The fraction of sp³-hybridized carbons (Fsp3) is 0.400. The Morgan fingerprint density at radius 2 is 2.05 bits per heavy atom. The average molecular weight is 482 g/mol. The maximum atomic E-state index is 5.32. The molecule has 1 aromatic rings. The van der Waals surface area contributed by atoms with Crippen molar-refractivity contribution < 1.29 is 9.47 Å². The molecule has 0 aromatic heterocycles. The molecule has 5 nitrogen and oxygen atoms in total. The van der Waals surface area contributed by atoms with Crippen molar-refractivity contribution in [3.05, 3.63) is 22.2 Å². The van der Waals surface area contributed by atoms with E-state index < -0.39 is 0 Å². The number of halogens is 2. The number of benzene rings is 1. The summed E-state index contributed by atoms with van der Waals surface area (Å²) in [6.45, 7) is 3.70. The Kier molecular flexibility index (Phi) is 10.8. The summed E-state index contributed by atoms with van der Waals surface area (Å²) in [7, 11) is 3.21. The van der Waals surface area contributed by atoms with Gasteiger partial charge in [0.2, 0.25) is 0 Å². The van der Waals surface area contributed by atoms with E-state index in [2.05, 4.69) is 37.5 Å². The topological polar surface area (TPSA) is 54.9 Å². The normalized spacial score (nSPS) is 10.2. The van der Waals surface area contributed by atoms with Gasteiger partial charge in [0.05, 0.1) is 31.8 Å².